The van der Waals surface area contributed by atoms with Crippen LogP contribution in [0.1, 0.15) is 11.1 Å². The Morgan fingerprint density at radius 1 is 0.500 bits per heavy atom. The number of hydrogen-bond donors (Lipinski definition) is 2. The fraction of sp³-hybridized carbons (Fsp3) is 0. The fourth-order valence-corrected chi connectivity index (χ4v) is 5.57. The summed E-state index contributed by atoms with van der Waals surface area (Å²) in [4.78, 5) is 28.1. The Morgan fingerprint density at radius 3 is 1.22 bits per heavy atom. The van der Waals surface area contributed by atoms with Gasteiger partial charge in [-0.05, 0) is 45.1 Å². The molecule has 4 nitrogen and oxygen atoms in total. The number of carbonyl (C=O) groups excluding carboxylic acids is 2. The molecule has 4 heterocycles. The van der Waals surface area contributed by atoms with E-state index in [1.54, 1.807) is 22.7 Å². The number of thiophene rings is 2. The van der Waals surface area contributed by atoms with E-state index >= 15 is 0 Å². The van der Waals surface area contributed by atoms with E-state index in [4.69, 9.17) is 0 Å². The van der Waals surface area contributed by atoms with Gasteiger partial charge >= 0.3 is 0 Å². The monoisotopic (exact) mass is 452 g/mol. The Kier molecular flexibility index (Phi) is 4.41. The highest BCUT2D eigenvalue weighted by atomic mass is 32.1. The summed E-state index contributed by atoms with van der Waals surface area (Å²) < 4.78 is 0. The zero-order valence-electron chi connectivity index (χ0n) is 16.7. The molecule has 0 fully saturated rings. The van der Waals surface area contributed by atoms with Crippen LogP contribution in [0.2, 0.25) is 0 Å². The summed E-state index contributed by atoms with van der Waals surface area (Å²) in [5.74, 6) is -0.513. The Bertz CT molecular complexity index is 1300. The first-order chi connectivity index (χ1) is 15.7. The maximum absolute atomic E-state index is 12.9. The minimum absolute atomic E-state index is 0.256. The third-order valence-corrected chi connectivity index (χ3v) is 7.48. The number of carbonyl (C=O) groups is 2. The van der Waals surface area contributed by atoms with Gasteiger partial charge in [0.1, 0.15) is 0 Å². The van der Waals surface area contributed by atoms with Crippen molar-refractivity contribution in [1.82, 2.24) is 10.6 Å². The van der Waals surface area contributed by atoms with E-state index in [2.05, 4.69) is 22.8 Å². The van der Waals surface area contributed by atoms with E-state index in [-0.39, 0.29) is 11.8 Å². The zero-order chi connectivity index (χ0) is 21.7. The lowest BCUT2D eigenvalue weighted by atomic mass is 10.0. The summed E-state index contributed by atoms with van der Waals surface area (Å²) >= 11 is 3.35. The van der Waals surface area contributed by atoms with Crippen LogP contribution < -0.4 is 10.6 Å². The quantitative estimate of drug-likeness (QED) is 0.428. The second-order valence-electron chi connectivity index (χ2n) is 7.52. The van der Waals surface area contributed by atoms with E-state index in [1.807, 2.05) is 71.4 Å². The van der Waals surface area contributed by atoms with Crippen LogP contribution in [0, 0.1) is 0 Å². The molecule has 2 aliphatic heterocycles. The van der Waals surface area contributed by atoms with Crippen molar-refractivity contribution in [2.24, 2.45) is 0 Å². The Morgan fingerprint density at radius 2 is 0.875 bits per heavy atom. The molecule has 0 atom stereocenters. The molecular formula is C26H16N2O2S2. The second kappa shape index (κ2) is 7.44. The van der Waals surface area contributed by atoms with Crippen molar-refractivity contribution >= 4 is 45.9 Å². The molecule has 0 unspecified atom stereocenters. The van der Waals surface area contributed by atoms with Crippen LogP contribution in [0.4, 0.5) is 0 Å². The molecule has 4 aromatic rings. The molecule has 2 aliphatic rings. The highest BCUT2D eigenvalue weighted by Gasteiger charge is 2.40. The van der Waals surface area contributed by atoms with Crippen molar-refractivity contribution in [3.63, 3.8) is 0 Å². The first-order valence-electron chi connectivity index (χ1n) is 10.1. The molecule has 0 aliphatic carbocycles. The minimum atomic E-state index is -0.256. The number of amides is 2. The van der Waals surface area contributed by atoms with Crippen LogP contribution >= 0.6 is 22.7 Å². The van der Waals surface area contributed by atoms with Gasteiger partial charge in [-0.2, -0.15) is 0 Å². The summed E-state index contributed by atoms with van der Waals surface area (Å²) in [6.07, 6.45) is 0. The minimum Gasteiger partial charge on any atom is -0.321 e. The largest absolute Gasteiger partial charge is 0.321 e. The summed E-state index contributed by atoms with van der Waals surface area (Å²) in [6.45, 7) is 0. The van der Waals surface area contributed by atoms with Gasteiger partial charge in [0.15, 0.2) is 0 Å². The molecule has 0 spiro atoms. The van der Waals surface area contributed by atoms with E-state index in [1.165, 1.54) is 9.75 Å². The Balaban J connectivity index is 1.39. The van der Waals surface area contributed by atoms with Crippen LogP contribution in [0.25, 0.3) is 32.3 Å². The number of rotatable bonds is 4. The molecule has 32 heavy (non-hydrogen) atoms. The molecule has 2 N–H and O–H groups in total. The van der Waals surface area contributed by atoms with Crippen LogP contribution in [0.5, 0.6) is 0 Å². The van der Waals surface area contributed by atoms with E-state index < -0.39 is 0 Å². The molecule has 2 aromatic carbocycles. The van der Waals surface area contributed by atoms with Gasteiger partial charge in [-0.1, -0.05) is 60.7 Å². The van der Waals surface area contributed by atoms with Crippen molar-refractivity contribution < 1.29 is 9.59 Å². The molecule has 6 heteroatoms. The average molecular weight is 453 g/mol. The first kappa shape index (κ1) is 19.0. The van der Waals surface area contributed by atoms with Crippen molar-refractivity contribution in [1.29, 1.82) is 0 Å². The van der Waals surface area contributed by atoms with E-state index in [0.29, 0.717) is 22.5 Å². The normalized spacial score (nSPS) is 15.2. The molecule has 0 saturated heterocycles. The molecule has 2 amide bonds. The lowest BCUT2D eigenvalue weighted by Gasteiger charge is -2.08. The molecule has 2 aromatic heterocycles. The fourth-order valence-electron chi connectivity index (χ4n) is 4.10. The Labute approximate surface area is 192 Å². The SMILES string of the molecule is O=C1NC(c2ccc(-c3cccs3)cc2)=C2C(=O)NC(c3ccc(-c4cccs4)cc3)=C12. The van der Waals surface area contributed by atoms with Crippen molar-refractivity contribution in [2.75, 3.05) is 0 Å². The zero-order valence-corrected chi connectivity index (χ0v) is 18.3. The van der Waals surface area contributed by atoms with Crippen LogP contribution in [-0.2, 0) is 9.59 Å². The predicted molar refractivity (Wildman–Crippen MR) is 130 cm³/mol. The molecule has 6 rings (SSSR count). The van der Waals surface area contributed by atoms with Crippen LogP contribution in [-0.4, -0.2) is 11.8 Å². The topological polar surface area (TPSA) is 58.2 Å². The maximum atomic E-state index is 12.9. The van der Waals surface area contributed by atoms with Gasteiger partial charge in [-0.3, -0.25) is 9.59 Å². The van der Waals surface area contributed by atoms with E-state index in [0.717, 1.165) is 22.3 Å². The highest BCUT2D eigenvalue weighted by molar-refractivity contribution is 7.13. The standard InChI is InChI=1S/C26H16N2O2S2/c29-25-21-22(24(28-25)18-11-7-16(8-12-18)20-4-2-14-32-20)26(30)27-23(21)17-9-5-15(6-10-17)19-3-1-13-31-19/h1-14H,(H,27,30)(H,28,29). The highest BCUT2D eigenvalue weighted by Crippen LogP contribution is 2.38. The summed E-state index contributed by atoms with van der Waals surface area (Å²) in [7, 11) is 0. The van der Waals surface area contributed by atoms with Gasteiger partial charge < -0.3 is 10.6 Å². The van der Waals surface area contributed by atoms with Gasteiger partial charge in [0.2, 0.25) is 0 Å². The predicted octanol–water partition coefficient (Wildman–Crippen LogP) is 5.53. The van der Waals surface area contributed by atoms with Gasteiger partial charge in [-0.15, -0.1) is 22.7 Å². The second-order valence-corrected chi connectivity index (χ2v) is 9.41. The molecule has 0 saturated carbocycles. The maximum Gasteiger partial charge on any atom is 0.258 e. The van der Waals surface area contributed by atoms with Crippen molar-refractivity contribution in [3.8, 4) is 20.9 Å². The lowest BCUT2D eigenvalue weighted by molar-refractivity contribution is -0.117. The summed E-state index contributed by atoms with van der Waals surface area (Å²) in [5.41, 5.74) is 5.79. The van der Waals surface area contributed by atoms with Gasteiger partial charge in [0, 0.05) is 9.75 Å². The van der Waals surface area contributed by atoms with Gasteiger partial charge in [-0.25, -0.2) is 0 Å². The number of nitrogens with one attached hydrogen (secondary N) is 2. The van der Waals surface area contributed by atoms with Crippen LogP contribution in [0.3, 0.4) is 0 Å². The molecule has 154 valence electrons. The van der Waals surface area contributed by atoms with Gasteiger partial charge in [0.05, 0.1) is 22.5 Å². The third kappa shape index (κ3) is 3.04. The van der Waals surface area contributed by atoms with Crippen molar-refractivity contribution in [3.05, 3.63) is 106 Å². The molecule has 0 bridgehead atoms. The average Bonchev–Trinajstić information content (AvgIpc) is 3.62. The van der Waals surface area contributed by atoms with E-state index in [9.17, 15) is 9.59 Å². The molecule has 0 radical (unpaired) electrons. The van der Waals surface area contributed by atoms with Crippen LogP contribution in [0.15, 0.2) is 94.7 Å². The molecular weight excluding hydrogens is 436 g/mol. The lowest BCUT2D eigenvalue weighted by Crippen LogP contribution is -2.21. The van der Waals surface area contributed by atoms with Gasteiger partial charge in [0.25, 0.3) is 11.8 Å². The summed E-state index contributed by atoms with van der Waals surface area (Å²) in [6, 6.07) is 24.0. The number of benzene rings is 2. The third-order valence-electron chi connectivity index (χ3n) is 5.64. The number of hydrogen-bond acceptors (Lipinski definition) is 4. The Hall–Kier alpha value is -3.74. The smallest absolute Gasteiger partial charge is 0.258 e. The number of fused-ring (bicyclic) bond motifs is 1. The summed E-state index contributed by atoms with van der Waals surface area (Å²) in [5, 5.41) is 9.92. The van der Waals surface area contributed by atoms with Crippen molar-refractivity contribution in [2.45, 2.75) is 0 Å². The first-order valence-corrected chi connectivity index (χ1v) is 11.9.